The quantitative estimate of drug-likeness (QED) is 0.888. The standard InChI is InChI=1S/C14H17N5O/c15-7-6-13(20)18-8-9-19-12(10-18)16-17-14(19)11-4-2-1-3-5-11/h1-5H,6-10,15H2. The maximum absolute atomic E-state index is 11.9. The van der Waals surface area contributed by atoms with Gasteiger partial charge in [-0.2, -0.15) is 0 Å². The SMILES string of the molecule is NCCC(=O)N1CCn2c(nnc2-c2ccccc2)C1. The molecule has 1 aromatic carbocycles. The summed E-state index contributed by atoms with van der Waals surface area (Å²) < 4.78 is 2.08. The lowest BCUT2D eigenvalue weighted by molar-refractivity contribution is -0.132. The zero-order valence-corrected chi connectivity index (χ0v) is 11.2. The van der Waals surface area contributed by atoms with Crippen LogP contribution < -0.4 is 5.73 Å². The van der Waals surface area contributed by atoms with Gasteiger partial charge in [-0.15, -0.1) is 10.2 Å². The van der Waals surface area contributed by atoms with Gasteiger partial charge in [0.05, 0.1) is 6.54 Å². The first-order valence-corrected chi connectivity index (χ1v) is 6.75. The summed E-state index contributed by atoms with van der Waals surface area (Å²) >= 11 is 0. The largest absolute Gasteiger partial charge is 0.333 e. The molecule has 1 aromatic heterocycles. The van der Waals surface area contributed by atoms with E-state index < -0.39 is 0 Å². The van der Waals surface area contributed by atoms with E-state index in [2.05, 4.69) is 14.8 Å². The topological polar surface area (TPSA) is 77.0 Å². The fourth-order valence-corrected chi connectivity index (χ4v) is 2.45. The van der Waals surface area contributed by atoms with Gasteiger partial charge in [0.15, 0.2) is 11.6 Å². The Kier molecular flexibility index (Phi) is 3.47. The fraction of sp³-hybridized carbons (Fsp3) is 0.357. The lowest BCUT2D eigenvalue weighted by Crippen LogP contribution is -2.39. The molecule has 0 fully saturated rings. The molecule has 2 N–H and O–H groups in total. The van der Waals surface area contributed by atoms with Crippen molar-refractivity contribution in [2.24, 2.45) is 5.73 Å². The van der Waals surface area contributed by atoms with E-state index in [1.807, 2.05) is 30.3 Å². The first-order valence-electron chi connectivity index (χ1n) is 6.75. The highest BCUT2D eigenvalue weighted by molar-refractivity contribution is 5.76. The highest BCUT2D eigenvalue weighted by atomic mass is 16.2. The molecular weight excluding hydrogens is 254 g/mol. The van der Waals surface area contributed by atoms with E-state index in [0.717, 1.165) is 23.8 Å². The van der Waals surface area contributed by atoms with Crippen molar-refractivity contribution in [3.63, 3.8) is 0 Å². The van der Waals surface area contributed by atoms with Crippen molar-refractivity contribution >= 4 is 5.91 Å². The number of hydrogen-bond acceptors (Lipinski definition) is 4. The summed E-state index contributed by atoms with van der Waals surface area (Å²) in [5.74, 6) is 1.79. The third-order valence-corrected chi connectivity index (χ3v) is 3.50. The molecule has 3 rings (SSSR count). The zero-order valence-electron chi connectivity index (χ0n) is 11.2. The normalized spacial score (nSPS) is 14.2. The van der Waals surface area contributed by atoms with Crippen LogP contribution in [0.25, 0.3) is 11.4 Å². The monoisotopic (exact) mass is 271 g/mol. The Balaban J connectivity index is 1.84. The first kappa shape index (κ1) is 12.8. The summed E-state index contributed by atoms with van der Waals surface area (Å²) in [5.41, 5.74) is 6.48. The highest BCUT2D eigenvalue weighted by Gasteiger charge is 2.24. The summed E-state index contributed by atoms with van der Waals surface area (Å²) in [6, 6.07) is 9.98. The van der Waals surface area contributed by atoms with Crippen LogP contribution in [-0.4, -0.2) is 38.7 Å². The fourth-order valence-electron chi connectivity index (χ4n) is 2.45. The number of amides is 1. The van der Waals surface area contributed by atoms with E-state index in [1.54, 1.807) is 4.90 Å². The van der Waals surface area contributed by atoms with E-state index in [4.69, 9.17) is 5.73 Å². The molecule has 0 atom stereocenters. The Morgan fingerprint density at radius 1 is 1.20 bits per heavy atom. The number of carbonyl (C=O) groups is 1. The molecule has 1 aliphatic rings. The van der Waals surface area contributed by atoms with Gasteiger partial charge in [0.25, 0.3) is 0 Å². The molecule has 0 aliphatic carbocycles. The van der Waals surface area contributed by atoms with E-state index in [9.17, 15) is 4.79 Å². The Morgan fingerprint density at radius 2 is 2.00 bits per heavy atom. The molecule has 0 radical (unpaired) electrons. The molecule has 6 nitrogen and oxygen atoms in total. The van der Waals surface area contributed by atoms with Crippen molar-refractivity contribution in [3.05, 3.63) is 36.2 Å². The third kappa shape index (κ3) is 2.30. The average Bonchev–Trinajstić information content (AvgIpc) is 2.91. The van der Waals surface area contributed by atoms with Gasteiger partial charge < -0.3 is 15.2 Å². The number of hydrogen-bond donors (Lipinski definition) is 1. The van der Waals surface area contributed by atoms with Gasteiger partial charge in [0.2, 0.25) is 5.91 Å². The van der Waals surface area contributed by atoms with Crippen LogP contribution in [0.4, 0.5) is 0 Å². The number of carbonyl (C=O) groups excluding carboxylic acids is 1. The summed E-state index contributed by atoms with van der Waals surface area (Å²) in [5, 5.41) is 8.47. The highest BCUT2D eigenvalue weighted by Crippen LogP contribution is 2.21. The maximum atomic E-state index is 11.9. The summed E-state index contributed by atoms with van der Waals surface area (Å²) in [7, 11) is 0. The van der Waals surface area contributed by atoms with Gasteiger partial charge in [0.1, 0.15) is 0 Å². The summed E-state index contributed by atoms with van der Waals surface area (Å²) in [4.78, 5) is 13.7. The van der Waals surface area contributed by atoms with Crippen molar-refractivity contribution in [1.29, 1.82) is 0 Å². The van der Waals surface area contributed by atoms with Crippen LogP contribution in [0.5, 0.6) is 0 Å². The molecule has 2 aromatic rings. The second kappa shape index (κ2) is 5.42. The second-order valence-electron chi connectivity index (χ2n) is 4.81. The van der Waals surface area contributed by atoms with Gasteiger partial charge in [-0.25, -0.2) is 0 Å². The Bertz CT molecular complexity index is 607. The molecule has 20 heavy (non-hydrogen) atoms. The van der Waals surface area contributed by atoms with Crippen molar-refractivity contribution in [1.82, 2.24) is 19.7 Å². The Labute approximate surface area is 117 Å². The lowest BCUT2D eigenvalue weighted by atomic mass is 10.2. The molecule has 104 valence electrons. The molecule has 2 heterocycles. The van der Waals surface area contributed by atoms with Crippen LogP contribution in [0.15, 0.2) is 30.3 Å². The third-order valence-electron chi connectivity index (χ3n) is 3.50. The van der Waals surface area contributed by atoms with E-state index >= 15 is 0 Å². The van der Waals surface area contributed by atoms with Gasteiger partial charge in [0, 0.05) is 31.6 Å². The predicted octanol–water partition coefficient (Wildman–Crippen LogP) is 0.636. The summed E-state index contributed by atoms with van der Waals surface area (Å²) in [6.07, 6.45) is 0.389. The van der Waals surface area contributed by atoms with Crippen LogP contribution in [0, 0.1) is 0 Å². The number of benzene rings is 1. The maximum Gasteiger partial charge on any atom is 0.224 e. The zero-order chi connectivity index (χ0) is 13.9. The molecule has 0 unspecified atom stereocenters. The van der Waals surface area contributed by atoms with Crippen LogP contribution in [0.3, 0.4) is 0 Å². The summed E-state index contributed by atoms with van der Waals surface area (Å²) in [6.45, 7) is 2.31. The van der Waals surface area contributed by atoms with E-state index in [1.165, 1.54) is 0 Å². The van der Waals surface area contributed by atoms with Crippen molar-refractivity contribution in [2.75, 3.05) is 13.1 Å². The van der Waals surface area contributed by atoms with E-state index in [0.29, 0.717) is 26.1 Å². The molecular formula is C14H17N5O. The number of nitrogens with zero attached hydrogens (tertiary/aromatic N) is 4. The van der Waals surface area contributed by atoms with Gasteiger partial charge in [-0.05, 0) is 0 Å². The van der Waals surface area contributed by atoms with Gasteiger partial charge in [-0.3, -0.25) is 4.79 Å². The number of nitrogens with two attached hydrogens (primary N) is 1. The Hall–Kier alpha value is -2.21. The second-order valence-corrected chi connectivity index (χ2v) is 4.81. The first-order chi connectivity index (χ1) is 9.79. The van der Waals surface area contributed by atoms with Gasteiger partial charge in [-0.1, -0.05) is 30.3 Å². The van der Waals surface area contributed by atoms with Crippen molar-refractivity contribution in [3.8, 4) is 11.4 Å². The molecule has 1 amide bonds. The number of aromatic nitrogens is 3. The van der Waals surface area contributed by atoms with Crippen molar-refractivity contribution < 1.29 is 4.79 Å². The average molecular weight is 271 g/mol. The van der Waals surface area contributed by atoms with Crippen LogP contribution in [0.2, 0.25) is 0 Å². The molecule has 6 heteroatoms. The molecule has 1 aliphatic heterocycles. The molecule has 0 saturated heterocycles. The molecule has 0 bridgehead atoms. The molecule has 0 saturated carbocycles. The number of fused-ring (bicyclic) bond motifs is 1. The number of rotatable bonds is 3. The Morgan fingerprint density at radius 3 is 2.75 bits per heavy atom. The minimum Gasteiger partial charge on any atom is -0.333 e. The predicted molar refractivity (Wildman–Crippen MR) is 74.5 cm³/mol. The molecule has 0 spiro atoms. The minimum atomic E-state index is 0.0861. The van der Waals surface area contributed by atoms with Crippen LogP contribution >= 0.6 is 0 Å². The minimum absolute atomic E-state index is 0.0861. The van der Waals surface area contributed by atoms with E-state index in [-0.39, 0.29) is 5.91 Å². The lowest BCUT2D eigenvalue weighted by Gasteiger charge is -2.27. The van der Waals surface area contributed by atoms with Crippen molar-refractivity contribution in [2.45, 2.75) is 19.5 Å². The smallest absolute Gasteiger partial charge is 0.224 e. The van der Waals surface area contributed by atoms with Gasteiger partial charge >= 0.3 is 0 Å². The van der Waals surface area contributed by atoms with Crippen LogP contribution in [0.1, 0.15) is 12.2 Å². The van der Waals surface area contributed by atoms with Crippen LogP contribution in [-0.2, 0) is 17.9 Å².